The van der Waals surface area contributed by atoms with Crippen LogP contribution < -0.4 is 0 Å². The number of rotatable bonds is 4. The van der Waals surface area contributed by atoms with E-state index in [1.165, 1.54) is 23.9 Å². The number of aromatic carboxylic acids is 1. The summed E-state index contributed by atoms with van der Waals surface area (Å²) in [6.07, 6.45) is 1.67. The van der Waals surface area contributed by atoms with Crippen LogP contribution in [0.15, 0.2) is 41.6 Å². The predicted octanol–water partition coefficient (Wildman–Crippen LogP) is 4.38. The largest absolute Gasteiger partial charge is 0.478 e. The molecule has 0 aliphatic heterocycles. The number of nitrogens with zero attached hydrogens (tertiary/aromatic N) is 1. The van der Waals surface area contributed by atoms with E-state index in [1.807, 2.05) is 0 Å². The van der Waals surface area contributed by atoms with E-state index in [0.717, 1.165) is 10.6 Å². The van der Waals surface area contributed by atoms with Gasteiger partial charge in [0.1, 0.15) is 5.03 Å². The molecule has 0 aliphatic carbocycles. The highest BCUT2D eigenvalue weighted by molar-refractivity contribution is 7.98. The fourth-order valence-corrected chi connectivity index (χ4v) is 2.92. The number of pyridine rings is 1. The van der Waals surface area contributed by atoms with E-state index >= 15 is 0 Å². The first kappa shape index (κ1) is 14.2. The number of benzene rings is 1. The molecule has 0 atom stereocenters. The Morgan fingerprint density at radius 3 is 2.68 bits per heavy atom. The lowest BCUT2D eigenvalue weighted by molar-refractivity contribution is 0.0697. The Morgan fingerprint density at radius 2 is 2.05 bits per heavy atom. The molecular weight excluding hydrogens is 305 g/mol. The van der Waals surface area contributed by atoms with Crippen molar-refractivity contribution in [1.82, 2.24) is 4.98 Å². The smallest absolute Gasteiger partial charge is 0.335 e. The zero-order valence-electron chi connectivity index (χ0n) is 9.64. The molecule has 0 unspecified atom stereocenters. The molecule has 6 heteroatoms. The van der Waals surface area contributed by atoms with Gasteiger partial charge >= 0.3 is 5.97 Å². The van der Waals surface area contributed by atoms with Gasteiger partial charge in [0.2, 0.25) is 0 Å². The van der Waals surface area contributed by atoms with Gasteiger partial charge in [0.25, 0.3) is 0 Å². The van der Waals surface area contributed by atoms with Crippen molar-refractivity contribution in [3.63, 3.8) is 0 Å². The number of carbonyl (C=O) groups is 1. The van der Waals surface area contributed by atoms with Gasteiger partial charge in [-0.2, -0.15) is 0 Å². The monoisotopic (exact) mass is 313 g/mol. The minimum Gasteiger partial charge on any atom is -0.478 e. The van der Waals surface area contributed by atoms with Crippen LogP contribution >= 0.6 is 35.0 Å². The van der Waals surface area contributed by atoms with E-state index in [-0.39, 0.29) is 5.56 Å². The third kappa shape index (κ3) is 3.62. The molecule has 0 saturated carbocycles. The number of halogens is 2. The third-order valence-electron chi connectivity index (χ3n) is 2.39. The molecule has 1 N–H and O–H groups in total. The van der Waals surface area contributed by atoms with E-state index in [9.17, 15) is 4.79 Å². The van der Waals surface area contributed by atoms with E-state index in [0.29, 0.717) is 15.8 Å². The molecule has 3 nitrogen and oxygen atoms in total. The highest BCUT2D eigenvalue weighted by Crippen LogP contribution is 2.30. The molecular formula is C13H9Cl2NO2S. The zero-order chi connectivity index (χ0) is 13.8. The van der Waals surface area contributed by atoms with Crippen LogP contribution in [0.25, 0.3) is 0 Å². The molecule has 1 aromatic carbocycles. The highest BCUT2D eigenvalue weighted by atomic mass is 35.5. The molecule has 0 radical (unpaired) electrons. The van der Waals surface area contributed by atoms with Crippen LogP contribution in [-0.2, 0) is 5.75 Å². The van der Waals surface area contributed by atoms with E-state index in [1.54, 1.807) is 24.4 Å². The Labute approximate surface area is 124 Å². The van der Waals surface area contributed by atoms with Crippen molar-refractivity contribution in [2.75, 3.05) is 0 Å². The van der Waals surface area contributed by atoms with Gasteiger partial charge in [-0.3, -0.25) is 0 Å². The predicted molar refractivity (Wildman–Crippen MR) is 77.2 cm³/mol. The lowest BCUT2D eigenvalue weighted by atomic mass is 10.1. The minimum atomic E-state index is -0.992. The van der Waals surface area contributed by atoms with Crippen LogP contribution in [0.5, 0.6) is 0 Å². The molecule has 1 aromatic heterocycles. The average molecular weight is 314 g/mol. The van der Waals surface area contributed by atoms with Crippen molar-refractivity contribution in [2.45, 2.75) is 10.8 Å². The SMILES string of the molecule is O=C(O)c1ccc(CSc2ncccc2Cl)c(Cl)c1. The first-order valence-electron chi connectivity index (χ1n) is 5.33. The van der Waals surface area contributed by atoms with Crippen LogP contribution in [-0.4, -0.2) is 16.1 Å². The normalized spacial score (nSPS) is 10.4. The second kappa shape index (κ2) is 6.28. The van der Waals surface area contributed by atoms with Gasteiger partial charge in [-0.25, -0.2) is 9.78 Å². The number of hydrogen-bond acceptors (Lipinski definition) is 3. The molecule has 0 saturated heterocycles. The van der Waals surface area contributed by atoms with Crippen molar-refractivity contribution >= 4 is 40.9 Å². The number of carboxylic acid groups (broad SMARTS) is 1. The second-order valence-electron chi connectivity index (χ2n) is 3.69. The fourth-order valence-electron chi connectivity index (χ4n) is 1.42. The third-order valence-corrected chi connectivity index (χ3v) is 4.21. The molecule has 0 bridgehead atoms. The summed E-state index contributed by atoms with van der Waals surface area (Å²) in [6.45, 7) is 0. The van der Waals surface area contributed by atoms with Gasteiger partial charge in [-0.15, -0.1) is 11.8 Å². The van der Waals surface area contributed by atoms with Gasteiger partial charge in [0, 0.05) is 17.0 Å². The van der Waals surface area contributed by atoms with Gasteiger partial charge in [-0.1, -0.05) is 29.3 Å². The summed E-state index contributed by atoms with van der Waals surface area (Å²) in [5.74, 6) is -0.413. The Morgan fingerprint density at radius 1 is 1.26 bits per heavy atom. The van der Waals surface area contributed by atoms with Crippen molar-refractivity contribution in [3.05, 3.63) is 57.7 Å². The Kier molecular flexibility index (Phi) is 4.69. The maximum Gasteiger partial charge on any atom is 0.335 e. The summed E-state index contributed by atoms with van der Waals surface area (Å²) >= 11 is 13.5. The van der Waals surface area contributed by atoms with Crippen LogP contribution in [0.2, 0.25) is 10.0 Å². The molecule has 2 rings (SSSR count). The molecule has 0 amide bonds. The van der Waals surface area contributed by atoms with E-state index < -0.39 is 5.97 Å². The van der Waals surface area contributed by atoms with Gasteiger partial charge in [0.15, 0.2) is 0 Å². The summed E-state index contributed by atoms with van der Waals surface area (Å²) in [5.41, 5.74) is 1.02. The first-order valence-corrected chi connectivity index (χ1v) is 7.07. The maximum atomic E-state index is 10.8. The molecule has 0 aliphatic rings. The zero-order valence-corrected chi connectivity index (χ0v) is 12.0. The highest BCUT2D eigenvalue weighted by Gasteiger charge is 2.08. The number of aromatic nitrogens is 1. The summed E-state index contributed by atoms with van der Waals surface area (Å²) in [4.78, 5) is 15.0. The topological polar surface area (TPSA) is 50.2 Å². The van der Waals surface area contributed by atoms with Crippen LogP contribution in [0, 0.1) is 0 Å². The minimum absolute atomic E-state index is 0.176. The Balaban J connectivity index is 2.12. The Bertz CT molecular complexity index is 619. The number of hydrogen-bond donors (Lipinski definition) is 1. The first-order chi connectivity index (χ1) is 9.08. The molecule has 98 valence electrons. The average Bonchev–Trinajstić information content (AvgIpc) is 2.39. The lowest BCUT2D eigenvalue weighted by Crippen LogP contribution is -1.96. The van der Waals surface area contributed by atoms with E-state index in [2.05, 4.69) is 4.98 Å². The fraction of sp³-hybridized carbons (Fsp3) is 0.0769. The van der Waals surface area contributed by atoms with Crippen molar-refractivity contribution in [3.8, 4) is 0 Å². The molecule has 0 spiro atoms. The van der Waals surface area contributed by atoms with Crippen molar-refractivity contribution in [1.29, 1.82) is 0 Å². The van der Waals surface area contributed by atoms with Crippen LogP contribution in [0.3, 0.4) is 0 Å². The van der Waals surface area contributed by atoms with Crippen LogP contribution in [0.4, 0.5) is 0 Å². The standard InChI is InChI=1S/C13H9Cl2NO2S/c14-10-2-1-5-16-12(10)19-7-9-4-3-8(13(17)18)6-11(9)15/h1-6H,7H2,(H,17,18). The second-order valence-corrected chi connectivity index (χ2v) is 5.47. The Hall–Kier alpha value is -1.23. The van der Waals surface area contributed by atoms with Gasteiger partial charge in [-0.05, 0) is 29.8 Å². The summed E-state index contributed by atoms with van der Waals surface area (Å²) in [7, 11) is 0. The molecule has 0 fully saturated rings. The van der Waals surface area contributed by atoms with Crippen LogP contribution in [0.1, 0.15) is 15.9 Å². The number of thioether (sulfide) groups is 1. The molecule has 19 heavy (non-hydrogen) atoms. The van der Waals surface area contributed by atoms with Gasteiger partial charge in [0.05, 0.1) is 10.6 Å². The molecule has 2 aromatic rings. The van der Waals surface area contributed by atoms with Gasteiger partial charge < -0.3 is 5.11 Å². The summed E-state index contributed by atoms with van der Waals surface area (Å²) < 4.78 is 0. The van der Waals surface area contributed by atoms with Crippen molar-refractivity contribution in [2.24, 2.45) is 0 Å². The summed E-state index contributed by atoms with van der Waals surface area (Å²) in [5, 5.41) is 10.6. The quantitative estimate of drug-likeness (QED) is 0.851. The maximum absolute atomic E-state index is 10.8. The molecule has 1 heterocycles. The van der Waals surface area contributed by atoms with Crippen molar-refractivity contribution < 1.29 is 9.90 Å². The lowest BCUT2D eigenvalue weighted by Gasteiger charge is -2.06. The summed E-state index contributed by atoms with van der Waals surface area (Å²) in [6, 6.07) is 8.21. The van der Waals surface area contributed by atoms with E-state index in [4.69, 9.17) is 28.3 Å². The number of carboxylic acids is 1.